The average Bonchev–Trinajstić information content (AvgIpc) is 2.39. The molecule has 0 fully saturated rings. The Kier molecular flexibility index (Phi) is 3.65. The summed E-state index contributed by atoms with van der Waals surface area (Å²) in [6, 6.07) is 5.93. The Labute approximate surface area is 101 Å². The second kappa shape index (κ2) is 5.39. The third-order valence-corrected chi connectivity index (χ3v) is 2.70. The Hall–Kier alpha value is -1.97. The van der Waals surface area contributed by atoms with Crippen molar-refractivity contribution < 1.29 is 0 Å². The van der Waals surface area contributed by atoms with Crippen molar-refractivity contribution in [2.24, 2.45) is 0 Å². The standard InChI is InChI=1S/C13H16N4/c1-3-11-12(16-9-17-13(11)14-2)8-10-6-4-5-7-15-10/h4-7,9H,3,8H2,1-2H3,(H,14,16,17). The fourth-order valence-electron chi connectivity index (χ4n) is 1.86. The topological polar surface area (TPSA) is 50.7 Å². The van der Waals surface area contributed by atoms with Gasteiger partial charge in [-0.05, 0) is 18.6 Å². The number of hydrogen-bond acceptors (Lipinski definition) is 4. The van der Waals surface area contributed by atoms with Crippen LogP contribution in [0.25, 0.3) is 0 Å². The first-order chi connectivity index (χ1) is 8.35. The predicted octanol–water partition coefficient (Wildman–Crippen LogP) is 2.07. The molecule has 0 saturated heterocycles. The van der Waals surface area contributed by atoms with Gasteiger partial charge in [0.25, 0.3) is 0 Å². The molecule has 0 aliphatic rings. The van der Waals surface area contributed by atoms with E-state index in [1.165, 1.54) is 5.56 Å². The molecule has 4 nitrogen and oxygen atoms in total. The van der Waals surface area contributed by atoms with Crippen molar-refractivity contribution in [2.75, 3.05) is 12.4 Å². The molecular formula is C13H16N4. The maximum absolute atomic E-state index is 4.36. The zero-order valence-corrected chi connectivity index (χ0v) is 10.1. The fraction of sp³-hybridized carbons (Fsp3) is 0.308. The van der Waals surface area contributed by atoms with Crippen molar-refractivity contribution in [1.82, 2.24) is 15.0 Å². The molecule has 2 heterocycles. The molecular weight excluding hydrogens is 212 g/mol. The summed E-state index contributed by atoms with van der Waals surface area (Å²) in [5.74, 6) is 0.911. The molecule has 2 rings (SSSR count). The molecule has 0 aliphatic carbocycles. The van der Waals surface area contributed by atoms with Gasteiger partial charge < -0.3 is 5.32 Å². The largest absolute Gasteiger partial charge is 0.373 e. The van der Waals surface area contributed by atoms with Gasteiger partial charge in [-0.1, -0.05) is 13.0 Å². The summed E-state index contributed by atoms with van der Waals surface area (Å²) in [6.07, 6.45) is 5.07. The highest BCUT2D eigenvalue weighted by Crippen LogP contribution is 2.17. The Morgan fingerprint density at radius 3 is 2.71 bits per heavy atom. The first-order valence-electron chi connectivity index (χ1n) is 5.75. The lowest BCUT2D eigenvalue weighted by Crippen LogP contribution is -2.06. The highest BCUT2D eigenvalue weighted by Gasteiger charge is 2.09. The fourth-order valence-corrected chi connectivity index (χ4v) is 1.86. The van der Waals surface area contributed by atoms with Crippen molar-refractivity contribution in [1.29, 1.82) is 0 Å². The van der Waals surface area contributed by atoms with Crippen LogP contribution in [0.1, 0.15) is 23.9 Å². The second-order valence-electron chi connectivity index (χ2n) is 3.75. The third kappa shape index (κ3) is 2.58. The van der Waals surface area contributed by atoms with Crippen molar-refractivity contribution in [2.45, 2.75) is 19.8 Å². The van der Waals surface area contributed by atoms with E-state index in [0.717, 1.165) is 30.0 Å². The summed E-state index contributed by atoms with van der Waals surface area (Å²) >= 11 is 0. The molecule has 88 valence electrons. The van der Waals surface area contributed by atoms with E-state index in [2.05, 4.69) is 27.2 Å². The second-order valence-corrected chi connectivity index (χ2v) is 3.75. The molecule has 0 unspecified atom stereocenters. The molecule has 0 spiro atoms. The van der Waals surface area contributed by atoms with Crippen LogP contribution in [0.15, 0.2) is 30.7 Å². The molecule has 2 aromatic heterocycles. The van der Waals surface area contributed by atoms with Gasteiger partial charge in [-0.2, -0.15) is 0 Å². The van der Waals surface area contributed by atoms with Crippen LogP contribution in [-0.2, 0) is 12.8 Å². The molecule has 0 aromatic carbocycles. The lowest BCUT2D eigenvalue weighted by Gasteiger charge is -2.10. The molecule has 0 radical (unpaired) electrons. The highest BCUT2D eigenvalue weighted by atomic mass is 15.0. The maximum atomic E-state index is 4.36. The number of rotatable bonds is 4. The maximum Gasteiger partial charge on any atom is 0.132 e. The number of pyridine rings is 1. The van der Waals surface area contributed by atoms with Gasteiger partial charge in [0.1, 0.15) is 12.1 Å². The predicted molar refractivity (Wildman–Crippen MR) is 68.0 cm³/mol. The van der Waals surface area contributed by atoms with E-state index in [1.807, 2.05) is 25.2 Å². The minimum absolute atomic E-state index is 0.751. The minimum Gasteiger partial charge on any atom is -0.373 e. The summed E-state index contributed by atoms with van der Waals surface area (Å²) in [6.45, 7) is 2.11. The van der Waals surface area contributed by atoms with E-state index in [0.29, 0.717) is 0 Å². The van der Waals surface area contributed by atoms with Crippen LogP contribution >= 0.6 is 0 Å². The summed E-state index contributed by atoms with van der Waals surface area (Å²) in [7, 11) is 1.88. The van der Waals surface area contributed by atoms with Crippen molar-refractivity contribution in [3.63, 3.8) is 0 Å². The van der Waals surface area contributed by atoms with Crippen molar-refractivity contribution in [3.8, 4) is 0 Å². The first-order valence-corrected chi connectivity index (χ1v) is 5.75. The molecule has 0 bridgehead atoms. The Morgan fingerprint density at radius 2 is 2.06 bits per heavy atom. The van der Waals surface area contributed by atoms with Gasteiger partial charge in [0, 0.05) is 30.9 Å². The van der Waals surface area contributed by atoms with E-state index in [4.69, 9.17) is 0 Å². The number of aromatic nitrogens is 3. The van der Waals surface area contributed by atoms with Gasteiger partial charge in [0.05, 0.1) is 5.69 Å². The summed E-state index contributed by atoms with van der Waals surface area (Å²) in [4.78, 5) is 12.9. The van der Waals surface area contributed by atoms with E-state index in [1.54, 1.807) is 12.5 Å². The van der Waals surface area contributed by atoms with Crippen LogP contribution < -0.4 is 5.32 Å². The van der Waals surface area contributed by atoms with E-state index in [-0.39, 0.29) is 0 Å². The zero-order chi connectivity index (χ0) is 12.1. The number of anilines is 1. The number of nitrogens with zero attached hydrogens (tertiary/aromatic N) is 3. The summed E-state index contributed by atoms with van der Waals surface area (Å²) < 4.78 is 0. The Morgan fingerprint density at radius 1 is 1.18 bits per heavy atom. The first kappa shape index (κ1) is 11.5. The molecule has 2 aromatic rings. The van der Waals surface area contributed by atoms with E-state index in [9.17, 15) is 0 Å². The van der Waals surface area contributed by atoms with Gasteiger partial charge in [-0.25, -0.2) is 9.97 Å². The monoisotopic (exact) mass is 228 g/mol. The molecule has 17 heavy (non-hydrogen) atoms. The van der Waals surface area contributed by atoms with Crippen LogP contribution in [0, 0.1) is 0 Å². The zero-order valence-electron chi connectivity index (χ0n) is 10.1. The van der Waals surface area contributed by atoms with E-state index < -0.39 is 0 Å². The molecule has 0 atom stereocenters. The smallest absolute Gasteiger partial charge is 0.132 e. The van der Waals surface area contributed by atoms with Crippen molar-refractivity contribution >= 4 is 5.82 Å². The SMILES string of the molecule is CCc1c(Cc2ccccn2)ncnc1NC. The molecule has 4 heteroatoms. The van der Waals surface area contributed by atoms with Crippen LogP contribution in [-0.4, -0.2) is 22.0 Å². The van der Waals surface area contributed by atoms with Crippen LogP contribution in [0.2, 0.25) is 0 Å². The molecule has 0 aliphatic heterocycles. The number of hydrogen-bond donors (Lipinski definition) is 1. The van der Waals surface area contributed by atoms with Crippen LogP contribution in [0.3, 0.4) is 0 Å². The third-order valence-electron chi connectivity index (χ3n) is 2.70. The van der Waals surface area contributed by atoms with Crippen LogP contribution in [0.4, 0.5) is 5.82 Å². The van der Waals surface area contributed by atoms with Crippen LogP contribution in [0.5, 0.6) is 0 Å². The lowest BCUT2D eigenvalue weighted by atomic mass is 10.1. The van der Waals surface area contributed by atoms with Gasteiger partial charge in [0.2, 0.25) is 0 Å². The van der Waals surface area contributed by atoms with E-state index >= 15 is 0 Å². The Balaban J connectivity index is 2.33. The average molecular weight is 228 g/mol. The highest BCUT2D eigenvalue weighted by molar-refractivity contribution is 5.46. The van der Waals surface area contributed by atoms with Gasteiger partial charge in [-0.3, -0.25) is 4.98 Å². The van der Waals surface area contributed by atoms with Gasteiger partial charge >= 0.3 is 0 Å². The lowest BCUT2D eigenvalue weighted by molar-refractivity contribution is 0.930. The normalized spacial score (nSPS) is 10.2. The van der Waals surface area contributed by atoms with Gasteiger partial charge in [-0.15, -0.1) is 0 Å². The quantitative estimate of drug-likeness (QED) is 0.870. The molecule has 1 N–H and O–H groups in total. The molecule has 0 amide bonds. The molecule has 0 saturated carbocycles. The van der Waals surface area contributed by atoms with Gasteiger partial charge in [0.15, 0.2) is 0 Å². The van der Waals surface area contributed by atoms with Crippen molar-refractivity contribution in [3.05, 3.63) is 47.7 Å². The summed E-state index contributed by atoms with van der Waals surface area (Å²) in [5, 5.41) is 3.10. The Bertz CT molecular complexity index is 482. The summed E-state index contributed by atoms with van der Waals surface area (Å²) in [5.41, 5.74) is 3.24. The number of nitrogens with one attached hydrogen (secondary N) is 1. The minimum atomic E-state index is 0.751.